The molecule has 0 fully saturated rings. The molecule has 0 aromatic carbocycles. The van der Waals surface area contributed by atoms with Gasteiger partial charge in [-0.05, 0) is 24.3 Å². The van der Waals surface area contributed by atoms with Crippen molar-refractivity contribution in [3.63, 3.8) is 0 Å². The first-order chi connectivity index (χ1) is 7.68. The number of thioether (sulfide) groups is 1. The SMILES string of the molecule is CCCCCCCCSCC[C@@H](N)C(=O)O. The fourth-order valence-electron chi connectivity index (χ4n) is 1.42. The average Bonchev–Trinajstić information content (AvgIpc) is 2.26. The third-order valence-corrected chi connectivity index (χ3v) is 3.63. The predicted molar refractivity (Wildman–Crippen MR) is 70.9 cm³/mol. The molecule has 16 heavy (non-hydrogen) atoms. The van der Waals surface area contributed by atoms with Crippen molar-refractivity contribution in [1.82, 2.24) is 0 Å². The molecule has 0 bridgehead atoms. The van der Waals surface area contributed by atoms with Gasteiger partial charge in [-0.1, -0.05) is 39.0 Å². The van der Waals surface area contributed by atoms with Gasteiger partial charge in [-0.15, -0.1) is 0 Å². The van der Waals surface area contributed by atoms with Gasteiger partial charge in [0.2, 0.25) is 0 Å². The van der Waals surface area contributed by atoms with Crippen LogP contribution >= 0.6 is 11.8 Å². The summed E-state index contributed by atoms with van der Waals surface area (Å²) in [6.45, 7) is 2.22. The molecule has 0 aromatic heterocycles. The Labute approximate surface area is 103 Å². The van der Waals surface area contributed by atoms with Gasteiger partial charge in [-0.3, -0.25) is 4.79 Å². The first-order valence-electron chi connectivity index (χ1n) is 6.24. The lowest BCUT2D eigenvalue weighted by Crippen LogP contribution is -2.30. The van der Waals surface area contributed by atoms with Crippen LogP contribution in [0.2, 0.25) is 0 Å². The Morgan fingerprint density at radius 3 is 2.44 bits per heavy atom. The van der Waals surface area contributed by atoms with Gasteiger partial charge in [0.15, 0.2) is 0 Å². The fraction of sp³-hybridized carbons (Fsp3) is 0.917. The van der Waals surface area contributed by atoms with Crippen LogP contribution in [-0.2, 0) is 4.79 Å². The molecular formula is C12H25NO2S. The third kappa shape index (κ3) is 10.3. The van der Waals surface area contributed by atoms with E-state index in [-0.39, 0.29) is 0 Å². The summed E-state index contributed by atoms with van der Waals surface area (Å²) < 4.78 is 0. The largest absolute Gasteiger partial charge is 0.480 e. The summed E-state index contributed by atoms with van der Waals surface area (Å²) >= 11 is 1.82. The topological polar surface area (TPSA) is 63.3 Å². The van der Waals surface area contributed by atoms with Gasteiger partial charge in [-0.2, -0.15) is 11.8 Å². The first kappa shape index (κ1) is 15.8. The highest BCUT2D eigenvalue weighted by atomic mass is 32.2. The summed E-state index contributed by atoms with van der Waals surface area (Å²) in [6, 6.07) is -0.683. The molecular weight excluding hydrogens is 222 g/mol. The molecule has 0 aliphatic rings. The minimum atomic E-state index is -0.889. The van der Waals surface area contributed by atoms with E-state index in [1.54, 1.807) is 0 Å². The van der Waals surface area contributed by atoms with Gasteiger partial charge < -0.3 is 10.8 Å². The van der Waals surface area contributed by atoms with Crippen molar-refractivity contribution in [2.24, 2.45) is 5.73 Å². The van der Waals surface area contributed by atoms with Crippen molar-refractivity contribution < 1.29 is 9.90 Å². The fourth-order valence-corrected chi connectivity index (χ4v) is 2.45. The molecule has 0 aliphatic carbocycles. The molecule has 0 rings (SSSR count). The van der Waals surface area contributed by atoms with E-state index in [0.717, 1.165) is 11.5 Å². The second-order valence-electron chi connectivity index (χ2n) is 4.11. The van der Waals surface area contributed by atoms with Gasteiger partial charge in [0.1, 0.15) is 6.04 Å². The minimum Gasteiger partial charge on any atom is -0.480 e. The van der Waals surface area contributed by atoms with Crippen LogP contribution in [0.5, 0.6) is 0 Å². The standard InChI is InChI=1S/C12H25NO2S/c1-2-3-4-5-6-7-9-16-10-8-11(13)12(14)15/h11H,2-10,13H2,1H3,(H,14,15)/t11-/m1/s1. The highest BCUT2D eigenvalue weighted by Gasteiger charge is 2.09. The molecule has 0 spiro atoms. The number of carboxylic acids is 1. The van der Waals surface area contributed by atoms with Crippen LogP contribution in [0.1, 0.15) is 51.9 Å². The summed E-state index contributed by atoms with van der Waals surface area (Å²) in [5.41, 5.74) is 5.40. The molecule has 0 saturated heterocycles. The molecule has 4 heteroatoms. The van der Waals surface area contributed by atoms with Crippen molar-refractivity contribution in [1.29, 1.82) is 0 Å². The number of unbranched alkanes of at least 4 members (excludes halogenated alkanes) is 5. The minimum absolute atomic E-state index is 0.579. The molecule has 0 amide bonds. The Bertz CT molecular complexity index is 176. The van der Waals surface area contributed by atoms with Gasteiger partial charge in [0.25, 0.3) is 0 Å². The molecule has 0 heterocycles. The van der Waals surface area contributed by atoms with Crippen LogP contribution in [-0.4, -0.2) is 28.6 Å². The normalized spacial score (nSPS) is 12.6. The first-order valence-corrected chi connectivity index (χ1v) is 7.40. The van der Waals surface area contributed by atoms with E-state index in [0.29, 0.717) is 6.42 Å². The molecule has 96 valence electrons. The van der Waals surface area contributed by atoms with E-state index in [1.165, 1.54) is 38.5 Å². The zero-order valence-electron chi connectivity index (χ0n) is 10.3. The van der Waals surface area contributed by atoms with E-state index < -0.39 is 12.0 Å². The van der Waals surface area contributed by atoms with Gasteiger partial charge in [0, 0.05) is 0 Å². The van der Waals surface area contributed by atoms with Crippen molar-refractivity contribution in [3.8, 4) is 0 Å². The number of carbonyl (C=O) groups is 1. The van der Waals surface area contributed by atoms with E-state index in [1.807, 2.05) is 11.8 Å². The van der Waals surface area contributed by atoms with Crippen LogP contribution in [0.15, 0.2) is 0 Å². The van der Waals surface area contributed by atoms with Crippen molar-refractivity contribution in [3.05, 3.63) is 0 Å². The Hall–Kier alpha value is -0.220. The number of carboxylic acid groups (broad SMARTS) is 1. The molecule has 1 atom stereocenters. The third-order valence-electron chi connectivity index (χ3n) is 2.53. The summed E-state index contributed by atoms with van der Waals surface area (Å²) in [6.07, 6.45) is 8.46. The van der Waals surface area contributed by atoms with Crippen molar-refractivity contribution in [2.45, 2.75) is 57.9 Å². The molecule has 0 saturated carbocycles. The predicted octanol–water partition coefficient (Wildman–Crippen LogP) is 2.88. The molecule has 3 nitrogen and oxygen atoms in total. The zero-order chi connectivity index (χ0) is 12.2. The number of hydrogen-bond donors (Lipinski definition) is 2. The molecule has 0 aromatic rings. The maximum absolute atomic E-state index is 10.4. The second kappa shape index (κ2) is 11.3. The van der Waals surface area contributed by atoms with Crippen LogP contribution in [0.3, 0.4) is 0 Å². The lowest BCUT2D eigenvalue weighted by atomic mass is 10.1. The van der Waals surface area contributed by atoms with E-state index >= 15 is 0 Å². The molecule has 3 N–H and O–H groups in total. The second-order valence-corrected chi connectivity index (χ2v) is 5.34. The Balaban J connectivity index is 3.07. The van der Waals surface area contributed by atoms with E-state index in [4.69, 9.17) is 10.8 Å². The van der Waals surface area contributed by atoms with Crippen LogP contribution < -0.4 is 5.73 Å². The number of aliphatic carboxylic acids is 1. The molecule has 0 unspecified atom stereocenters. The van der Waals surface area contributed by atoms with Gasteiger partial charge in [0.05, 0.1) is 0 Å². The smallest absolute Gasteiger partial charge is 0.320 e. The Morgan fingerprint density at radius 1 is 1.19 bits per heavy atom. The number of rotatable bonds is 11. The lowest BCUT2D eigenvalue weighted by molar-refractivity contribution is -0.138. The molecule has 0 aliphatic heterocycles. The molecule has 0 radical (unpaired) electrons. The highest BCUT2D eigenvalue weighted by Crippen LogP contribution is 2.11. The quantitative estimate of drug-likeness (QED) is 0.551. The van der Waals surface area contributed by atoms with Crippen molar-refractivity contribution in [2.75, 3.05) is 11.5 Å². The average molecular weight is 247 g/mol. The van der Waals surface area contributed by atoms with Gasteiger partial charge >= 0.3 is 5.97 Å². The number of nitrogens with two attached hydrogens (primary N) is 1. The Kier molecular flexibility index (Phi) is 11.1. The number of hydrogen-bond acceptors (Lipinski definition) is 3. The van der Waals surface area contributed by atoms with Crippen LogP contribution in [0.25, 0.3) is 0 Å². The summed E-state index contributed by atoms with van der Waals surface area (Å²) in [4.78, 5) is 10.4. The van der Waals surface area contributed by atoms with Crippen LogP contribution in [0, 0.1) is 0 Å². The highest BCUT2D eigenvalue weighted by molar-refractivity contribution is 7.99. The van der Waals surface area contributed by atoms with E-state index in [9.17, 15) is 4.79 Å². The lowest BCUT2D eigenvalue weighted by Gasteiger charge is -2.05. The summed E-state index contributed by atoms with van der Waals surface area (Å²) in [5, 5.41) is 8.57. The van der Waals surface area contributed by atoms with Gasteiger partial charge in [-0.25, -0.2) is 0 Å². The zero-order valence-corrected chi connectivity index (χ0v) is 11.1. The van der Waals surface area contributed by atoms with Crippen LogP contribution in [0.4, 0.5) is 0 Å². The maximum atomic E-state index is 10.4. The van der Waals surface area contributed by atoms with Crippen molar-refractivity contribution >= 4 is 17.7 Å². The Morgan fingerprint density at radius 2 is 1.81 bits per heavy atom. The summed E-state index contributed by atoms with van der Waals surface area (Å²) in [7, 11) is 0. The monoisotopic (exact) mass is 247 g/mol. The van der Waals surface area contributed by atoms with E-state index in [2.05, 4.69) is 6.92 Å². The maximum Gasteiger partial charge on any atom is 0.320 e. The summed E-state index contributed by atoms with van der Waals surface area (Å²) in [5.74, 6) is 1.11.